The van der Waals surface area contributed by atoms with Crippen molar-refractivity contribution < 1.29 is 14.3 Å². The van der Waals surface area contributed by atoms with Crippen LogP contribution < -0.4 is 10.6 Å². The van der Waals surface area contributed by atoms with Crippen molar-refractivity contribution >= 4 is 34.2 Å². The van der Waals surface area contributed by atoms with E-state index in [1.807, 2.05) is 30.3 Å². The molecule has 1 saturated heterocycles. The molecule has 146 valence electrons. The molecule has 0 unspecified atom stereocenters. The zero-order chi connectivity index (χ0) is 19.3. The number of benzene rings is 1. The first-order valence-corrected chi connectivity index (χ1v) is 10.6. The standard InChI is InChI=1S/C22H24N2O3S/c25-19(12-11-15-6-2-1-3-7-15)24-22-20(17-9-4-10-18(17)28-22)21(26)23-14-16-8-5-13-27-16/h1-3,6-7,11-12,16H,4-5,8-10,13-14H2,(H,23,26)(H,24,25)/b12-11+/t16-/m0/s1. The molecule has 1 aliphatic heterocycles. The van der Waals surface area contributed by atoms with Crippen LogP contribution in [0.1, 0.15) is 45.6 Å². The van der Waals surface area contributed by atoms with Gasteiger partial charge in [-0.3, -0.25) is 9.59 Å². The van der Waals surface area contributed by atoms with Gasteiger partial charge in [0.25, 0.3) is 5.91 Å². The number of rotatable bonds is 6. The van der Waals surface area contributed by atoms with Crippen LogP contribution in [0.2, 0.25) is 0 Å². The lowest BCUT2D eigenvalue weighted by Gasteiger charge is -2.12. The number of amides is 2. The molecule has 2 aromatic rings. The second-order valence-corrected chi connectivity index (χ2v) is 8.24. The topological polar surface area (TPSA) is 67.4 Å². The number of hydrogen-bond donors (Lipinski definition) is 2. The summed E-state index contributed by atoms with van der Waals surface area (Å²) in [6.07, 6.45) is 8.34. The molecule has 1 aromatic carbocycles. The van der Waals surface area contributed by atoms with Gasteiger partial charge >= 0.3 is 0 Å². The van der Waals surface area contributed by atoms with E-state index in [-0.39, 0.29) is 17.9 Å². The molecule has 6 heteroatoms. The summed E-state index contributed by atoms with van der Waals surface area (Å²) in [5.41, 5.74) is 2.69. The molecule has 4 rings (SSSR count). The number of fused-ring (bicyclic) bond motifs is 1. The molecule has 2 N–H and O–H groups in total. The molecule has 2 aliphatic rings. The highest BCUT2D eigenvalue weighted by molar-refractivity contribution is 7.17. The first-order valence-electron chi connectivity index (χ1n) is 9.79. The highest BCUT2D eigenvalue weighted by Crippen LogP contribution is 2.39. The first-order chi connectivity index (χ1) is 13.7. The van der Waals surface area contributed by atoms with Gasteiger partial charge in [0.2, 0.25) is 5.91 Å². The molecule has 1 atom stereocenters. The highest BCUT2D eigenvalue weighted by Gasteiger charge is 2.28. The lowest BCUT2D eigenvalue weighted by molar-refractivity contribution is -0.111. The SMILES string of the molecule is O=C(/C=C/c1ccccc1)Nc1sc2c(c1C(=O)NC[C@@H]1CCCO1)CCC2. The number of ether oxygens (including phenoxy) is 1. The predicted molar refractivity (Wildman–Crippen MR) is 112 cm³/mol. The summed E-state index contributed by atoms with van der Waals surface area (Å²) in [6.45, 7) is 1.29. The number of carbonyl (C=O) groups is 2. The summed E-state index contributed by atoms with van der Waals surface area (Å²) in [5, 5.41) is 6.57. The summed E-state index contributed by atoms with van der Waals surface area (Å²) >= 11 is 1.53. The van der Waals surface area contributed by atoms with Gasteiger partial charge in [0.05, 0.1) is 11.7 Å². The average Bonchev–Trinajstić information content (AvgIpc) is 3.43. The van der Waals surface area contributed by atoms with Crippen LogP contribution in [0, 0.1) is 0 Å². The van der Waals surface area contributed by atoms with Gasteiger partial charge in [-0.2, -0.15) is 0 Å². The van der Waals surface area contributed by atoms with Gasteiger partial charge in [-0.05, 0) is 49.3 Å². The number of aryl methyl sites for hydroxylation is 1. The third-order valence-electron chi connectivity index (χ3n) is 5.13. The fourth-order valence-electron chi connectivity index (χ4n) is 3.72. The van der Waals surface area contributed by atoms with Crippen LogP contribution in [0.4, 0.5) is 5.00 Å². The van der Waals surface area contributed by atoms with Gasteiger partial charge in [-0.1, -0.05) is 30.3 Å². The lowest BCUT2D eigenvalue weighted by Crippen LogP contribution is -2.32. The van der Waals surface area contributed by atoms with Gasteiger partial charge in [0.1, 0.15) is 5.00 Å². The van der Waals surface area contributed by atoms with Crippen LogP contribution in [0.15, 0.2) is 36.4 Å². The Labute approximate surface area is 168 Å². The van der Waals surface area contributed by atoms with E-state index < -0.39 is 0 Å². The van der Waals surface area contributed by atoms with Crippen LogP contribution in [0.25, 0.3) is 6.08 Å². The first kappa shape index (κ1) is 18.9. The van der Waals surface area contributed by atoms with Crippen LogP contribution in [-0.2, 0) is 22.4 Å². The Balaban J connectivity index is 1.46. The van der Waals surface area contributed by atoms with Crippen molar-refractivity contribution in [3.63, 3.8) is 0 Å². The molecule has 1 aliphatic carbocycles. The van der Waals surface area contributed by atoms with Crippen molar-refractivity contribution in [2.45, 2.75) is 38.2 Å². The zero-order valence-corrected chi connectivity index (χ0v) is 16.5. The van der Waals surface area contributed by atoms with Crippen molar-refractivity contribution in [1.29, 1.82) is 0 Å². The smallest absolute Gasteiger partial charge is 0.254 e. The monoisotopic (exact) mass is 396 g/mol. The minimum Gasteiger partial charge on any atom is -0.376 e. The van der Waals surface area contributed by atoms with Crippen molar-refractivity contribution in [1.82, 2.24) is 5.32 Å². The Morgan fingerprint density at radius 1 is 1.18 bits per heavy atom. The van der Waals surface area contributed by atoms with E-state index in [1.165, 1.54) is 22.3 Å². The largest absolute Gasteiger partial charge is 0.376 e. The number of anilines is 1. The van der Waals surface area contributed by atoms with Crippen LogP contribution in [0.5, 0.6) is 0 Å². The predicted octanol–water partition coefficient (Wildman–Crippen LogP) is 3.80. The molecule has 0 spiro atoms. The Morgan fingerprint density at radius 2 is 2.04 bits per heavy atom. The summed E-state index contributed by atoms with van der Waals surface area (Å²) < 4.78 is 5.59. The Kier molecular flexibility index (Phi) is 5.88. The lowest BCUT2D eigenvalue weighted by atomic mass is 10.1. The average molecular weight is 397 g/mol. The van der Waals surface area contributed by atoms with Gasteiger partial charge in [-0.15, -0.1) is 11.3 Å². The minimum absolute atomic E-state index is 0.0995. The normalized spacial score (nSPS) is 18.4. The molecule has 1 fully saturated rings. The van der Waals surface area contributed by atoms with E-state index in [0.29, 0.717) is 17.1 Å². The van der Waals surface area contributed by atoms with E-state index in [4.69, 9.17) is 4.74 Å². The highest BCUT2D eigenvalue weighted by atomic mass is 32.1. The van der Waals surface area contributed by atoms with Gasteiger partial charge < -0.3 is 15.4 Å². The van der Waals surface area contributed by atoms with Gasteiger partial charge in [-0.25, -0.2) is 0 Å². The molecule has 0 radical (unpaired) electrons. The quantitative estimate of drug-likeness (QED) is 0.730. The summed E-state index contributed by atoms with van der Waals surface area (Å²) in [4.78, 5) is 26.5. The Hall–Kier alpha value is -2.44. The zero-order valence-electron chi connectivity index (χ0n) is 15.7. The molecule has 1 aromatic heterocycles. The van der Waals surface area contributed by atoms with E-state index in [2.05, 4.69) is 10.6 Å². The maximum absolute atomic E-state index is 12.9. The molecule has 5 nitrogen and oxygen atoms in total. The fraction of sp³-hybridized carbons (Fsp3) is 0.364. The van der Waals surface area contributed by atoms with Crippen molar-refractivity contribution in [3.8, 4) is 0 Å². The van der Waals surface area contributed by atoms with Crippen molar-refractivity contribution in [2.24, 2.45) is 0 Å². The van der Waals surface area contributed by atoms with Gasteiger partial charge in [0.15, 0.2) is 0 Å². The molecule has 0 saturated carbocycles. The summed E-state index contributed by atoms with van der Waals surface area (Å²) in [6, 6.07) is 9.67. The summed E-state index contributed by atoms with van der Waals surface area (Å²) in [7, 11) is 0. The second-order valence-electron chi connectivity index (χ2n) is 7.14. The van der Waals surface area contributed by atoms with Crippen molar-refractivity contribution in [3.05, 3.63) is 58.0 Å². The van der Waals surface area contributed by atoms with Gasteiger partial charge in [0, 0.05) is 24.1 Å². The molecular formula is C22H24N2O3S. The molecule has 2 amide bonds. The molecular weight excluding hydrogens is 372 g/mol. The summed E-state index contributed by atoms with van der Waals surface area (Å²) in [5.74, 6) is -0.339. The Morgan fingerprint density at radius 3 is 2.82 bits per heavy atom. The maximum atomic E-state index is 12.9. The van der Waals surface area contributed by atoms with Crippen molar-refractivity contribution in [2.75, 3.05) is 18.5 Å². The van der Waals surface area contributed by atoms with E-state index in [1.54, 1.807) is 6.08 Å². The third kappa shape index (κ3) is 4.34. The Bertz CT molecular complexity index is 883. The van der Waals surface area contributed by atoms with E-state index >= 15 is 0 Å². The van der Waals surface area contributed by atoms with E-state index in [9.17, 15) is 9.59 Å². The molecule has 28 heavy (non-hydrogen) atoms. The molecule has 0 bridgehead atoms. The number of hydrogen-bond acceptors (Lipinski definition) is 4. The number of nitrogens with one attached hydrogen (secondary N) is 2. The maximum Gasteiger partial charge on any atom is 0.254 e. The number of carbonyl (C=O) groups excluding carboxylic acids is 2. The fourth-order valence-corrected chi connectivity index (χ4v) is 5.01. The van der Waals surface area contributed by atoms with Crippen LogP contribution in [-0.4, -0.2) is 31.1 Å². The van der Waals surface area contributed by atoms with Crippen LogP contribution in [0.3, 0.4) is 0 Å². The molecule has 2 heterocycles. The van der Waals surface area contributed by atoms with E-state index in [0.717, 1.165) is 49.8 Å². The number of thiophene rings is 1. The second kappa shape index (κ2) is 8.71. The third-order valence-corrected chi connectivity index (χ3v) is 6.33. The minimum atomic E-state index is -0.225. The van der Waals surface area contributed by atoms with Crippen LogP contribution >= 0.6 is 11.3 Å².